The van der Waals surface area contributed by atoms with E-state index in [0.717, 1.165) is 6.42 Å². The van der Waals surface area contributed by atoms with Crippen LogP contribution in [0, 0.1) is 0 Å². The second-order valence-electron chi connectivity index (χ2n) is 6.51. The number of amides is 1. The fraction of sp³-hybridized carbons (Fsp3) is 0.316. The van der Waals surface area contributed by atoms with Gasteiger partial charge in [-0.2, -0.15) is 0 Å². The van der Waals surface area contributed by atoms with Gasteiger partial charge in [0.25, 0.3) is 5.91 Å². The number of amidine groups is 1. The molecule has 0 bridgehead atoms. The second-order valence-corrected chi connectivity index (χ2v) is 6.95. The van der Waals surface area contributed by atoms with Crippen molar-refractivity contribution >= 4 is 29.3 Å². The van der Waals surface area contributed by atoms with Crippen LogP contribution in [0.2, 0.25) is 5.02 Å². The van der Waals surface area contributed by atoms with Crippen LogP contribution in [0.3, 0.4) is 0 Å². The van der Waals surface area contributed by atoms with E-state index in [1.807, 2.05) is 0 Å². The monoisotopic (exact) mass is 388 g/mol. The summed E-state index contributed by atoms with van der Waals surface area (Å²) < 4.78 is 10.2. The van der Waals surface area contributed by atoms with Gasteiger partial charge >= 0.3 is 5.97 Å². The van der Waals surface area contributed by atoms with Crippen LogP contribution in [0.4, 0.5) is 0 Å². The Morgan fingerprint density at radius 1 is 1.33 bits per heavy atom. The molecular formula is C19H17ClN2O5. The third-order valence-electron chi connectivity index (χ3n) is 4.80. The molecule has 1 aliphatic carbocycles. The average molecular weight is 389 g/mol. The van der Waals surface area contributed by atoms with E-state index in [1.165, 1.54) is 18.1 Å². The molecule has 2 aliphatic rings. The maximum Gasteiger partial charge on any atom is 0.373 e. The Morgan fingerprint density at radius 3 is 2.81 bits per heavy atom. The molecule has 4 rings (SSSR count). The van der Waals surface area contributed by atoms with Crippen molar-refractivity contribution in [1.29, 1.82) is 0 Å². The minimum absolute atomic E-state index is 0.0767. The molecule has 1 aromatic carbocycles. The fourth-order valence-electron chi connectivity index (χ4n) is 3.18. The number of benzene rings is 1. The minimum atomic E-state index is -0.903. The lowest BCUT2D eigenvalue weighted by Crippen LogP contribution is -2.58. The Morgan fingerprint density at radius 2 is 2.15 bits per heavy atom. The second kappa shape index (κ2) is 6.74. The topological polar surface area (TPSA) is 81.3 Å². The van der Waals surface area contributed by atoms with Crippen LogP contribution in [0.25, 0.3) is 0 Å². The van der Waals surface area contributed by atoms with E-state index in [1.54, 1.807) is 30.3 Å². The number of carbonyl (C=O) groups is 2. The molecule has 27 heavy (non-hydrogen) atoms. The molecule has 2 heterocycles. The molecule has 1 aromatic heterocycles. The van der Waals surface area contributed by atoms with Gasteiger partial charge in [0.15, 0.2) is 5.84 Å². The number of oxime groups is 1. The predicted molar refractivity (Wildman–Crippen MR) is 96.3 cm³/mol. The summed E-state index contributed by atoms with van der Waals surface area (Å²) in [4.78, 5) is 31.9. The zero-order valence-electron chi connectivity index (χ0n) is 14.6. The van der Waals surface area contributed by atoms with Gasteiger partial charge in [-0.15, -0.1) is 0 Å². The van der Waals surface area contributed by atoms with Gasteiger partial charge < -0.3 is 14.0 Å². The van der Waals surface area contributed by atoms with E-state index in [2.05, 4.69) is 9.89 Å². The number of halogens is 1. The summed E-state index contributed by atoms with van der Waals surface area (Å²) in [5, 5.41) is 4.76. The molecule has 140 valence electrons. The number of hydrogen-bond donors (Lipinski definition) is 0. The van der Waals surface area contributed by atoms with Gasteiger partial charge in [0, 0.05) is 10.6 Å². The zero-order valence-corrected chi connectivity index (χ0v) is 15.4. The molecule has 1 amide bonds. The maximum absolute atomic E-state index is 13.2. The molecule has 1 aliphatic heterocycles. The quantitative estimate of drug-likeness (QED) is 0.750. The number of esters is 1. The van der Waals surface area contributed by atoms with Gasteiger partial charge in [-0.1, -0.05) is 28.9 Å². The molecule has 0 radical (unpaired) electrons. The highest BCUT2D eigenvalue weighted by Gasteiger charge is 2.53. The summed E-state index contributed by atoms with van der Waals surface area (Å²) in [6, 6.07) is 10.2. The first-order chi connectivity index (χ1) is 13.0. The van der Waals surface area contributed by atoms with Crippen LogP contribution in [0.15, 0.2) is 46.0 Å². The SMILES string of the molecule is COC(=O)c1ccc(CN2C(=O)C3(CCC3)ON=C2c2cccc(Cl)c2)o1. The molecule has 1 spiro atoms. The van der Waals surface area contributed by atoms with E-state index in [0.29, 0.717) is 35.0 Å². The number of ether oxygens (including phenoxy) is 1. The Bertz CT molecular complexity index is 932. The molecule has 0 N–H and O–H groups in total. The molecule has 2 aromatic rings. The van der Waals surface area contributed by atoms with Crippen LogP contribution in [-0.4, -0.2) is 35.3 Å². The van der Waals surface area contributed by atoms with Crippen LogP contribution < -0.4 is 0 Å². The van der Waals surface area contributed by atoms with Crippen LogP contribution in [0.5, 0.6) is 0 Å². The Kier molecular flexibility index (Phi) is 4.39. The van der Waals surface area contributed by atoms with E-state index in [9.17, 15) is 9.59 Å². The van der Waals surface area contributed by atoms with Crippen molar-refractivity contribution in [2.24, 2.45) is 5.16 Å². The summed E-state index contributed by atoms with van der Waals surface area (Å²) in [7, 11) is 1.28. The lowest BCUT2D eigenvalue weighted by molar-refractivity contribution is -0.173. The molecule has 0 atom stereocenters. The summed E-state index contributed by atoms with van der Waals surface area (Å²) in [5.74, 6) is 0.127. The van der Waals surface area contributed by atoms with Crippen molar-refractivity contribution in [2.45, 2.75) is 31.4 Å². The Balaban J connectivity index is 1.68. The summed E-state index contributed by atoms with van der Waals surface area (Å²) in [6.07, 6.45) is 2.16. The van der Waals surface area contributed by atoms with Crippen molar-refractivity contribution < 1.29 is 23.6 Å². The first-order valence-corrected chi connectivity index (χ1v) is 8.91. The molecule has 1 saturated carbocycles. The van der Waals surface area contributed by atoms with Crippen molar-refractivity contribution in [3.63, 3.8) is 0 Å². The Hall–Kier alpha value is -2.80. The smallest absolute Gasteiger partial charge is 0.373 e. The van der Waals surface area contributed by atoms with E-state index in [-0.39, 0.29) is 18.2 Å². The number of methoxy groups -OCH3 is 1. The molecule has 8 heteroatoms. The highest BCUT2D eigenvalue weighted by Crippen LogP contribution is 2.40. The van der Waals surface area contributed by atoms with Crippen LogP contribution >= 0.6 is 11.6 Å². The number of hydrogen-bond acceptors (Lipinski definition) is 6. The van der Waals surface area contributed by atoms with Crippen molar-refractivity contribution in [1.82, 2.24) is 4.90 Å². The lowest BCUT2D eigenvalue weighted by atomic mass is 9.78. The van der Waals surface area contributed by atoms with Gasteiger partial charge in [0.05, 0.1) is 13.7 Å². The van der Waals surface area contributed by atoms with Gasteiger partial charge in [-0.25, -0.2) is 4.79 Å². The molecule has 0 saturated heterocycles. The van der Waals surface area contributed by atoms with E-state index < -0.39 is 11.6 Å². The molecule has 0 unspecified atom stereocenters. The third-order valence-corrected chi connectivity index (χ3v) is 5.04. The third kappa shape index (κ3) is 3.08. The molecule has 1 fully saturated rings. The number of furan rings is 1. The van der Waals surface area contributed by atoms with Crippen LogP contribution in [-0.2, 0) is 20.9 Å². The van der Waals surface area contributed by atoms with Crippen molar-refractivity contribution in [3.8, 4) is 0 Å². The standard InChI is InChI=1S/C19H17ClN2O5/c1-25-17(23)15-7-6-14(26-15)11-22-16(12-4-2-5-13(20)10-12)21-27-19(18(22)24)8-3-9-19/h2,4-7,10H,3,8-9,11H2,1H3. The van der Waals surface area contributed by atoms with Gasteiger partial charge in [0.2, 0.25) is 11.4 Å². The largest absolute Gasteiger partial charge is 0.463 e. The van der Waals surface area contributed by atoms with Crippen molar-refractivity contribution in [3.05, 3.63) is 58.5 Å². The zero-order chi connectivity index (χ0) is 19.0. The number of rotatable bonds is 4. The first kappa shape index (κ1) is 17.6. The minimum Gasteiger partial charge on any atom is -0.463 e. The highest BCUT2D eigenvalue weighted by molar-refractivity contribution is 6.31. The van der Waals surface area contributed by atoms with E-state index >= 15 is 0 Å². The lowest BCUT2D eigenvalue weighted by Gasteiger charge is -2.43. The van der Waals surface area contributed by atoms with E-state index in [4.69, 9.17) is 20.9 Å². The highest BCUT2D eigenvalue weighted by atomic mass is 35.5. The number of carbonyl (C=O) groups excluding carboxylic acids is 2. The van der Waals surface area contributed by atoms with Gasteiger partial charge in [-0.3, -0.25) is 9.69 Å². The van der Waals surface area contributed by atoms with Crippen molar-refractivity contribution in [2.75, 3.05) is 7.11 Å². The fourth-order valence-corrected chi connectivity index (χ4v) is 3.37. The first-order valence-electron chi connectivity index (χ1n) is 8.53. The normalized spacial score (nSPS) is 17.9. The van der Waals surface area contributed by atoms with Gasteiger partial charge in [0.1, 0.15) is 5.76 Å². The number of nitrogens with zero attached hydrogens (tertiary/aromatic N) is 2. The molecular weight excluding hydrogens is 372 g/mol. The molecule has 7 nitrogen and oxygen atoms in total. The predicted octanol–water partition coefficient (Wildman–Crippen LogP) is 3.36. The summed E-state index contributed by atoms with van der Waals surface area (Å²) in [6.45, 7) is 0.117. The Labute approximate surface area is 160 Å². The van der Waals surface area contributed by atoms with Crippen LogP contribution in [0.1, 0.15) is 41.1 Å². The maximum atomic E-state index is 13.2. The summed E-state index contributed by atoms with van der Waals surface area (Å²) >= 11 is 6.09. The summed E-state index contributed by atoms with van der Waals surface area (Å²) in [5.41, 5.74) is -0.246. The van der Waals surface area contributed by atoms with Gasteiger partial charge in [-0.05, 0) is 43.5 Å². The average Bonchev–Trinajstić information content (AvgIpc) is 3.10.